The molecule has 9 heteroatoms. The highest BCUT2D eigenvalue weighted by molar-refractivity contribution is 7.98. The molecule has 3 aromatic rings. The lowest BCUT2D eigenvalue weighted by atomic mass is 9.94. The Kier molecular flexibility index (Phi) is 5.82. The summed E-state index contributed by atoms with van der Waals surface area (Å²) in [4.78, 5) is 28.2. The van der Waals surface area contributed by atoms with Crippen molar-refractivity contribution in [1.82, 2.24) is 9.58 Å². The molecule has 1 unspecified atom stereocenters. The van der Waals surface area contributed by atoms with Crippen molar-refractivity contribution in [3.63, 3.8) is 0 Å². The molecule has 2 aliphatic heterocycles. The van der Waals surface area contributed by atoms with Gasteiger partial charge in [0, 0.05) is 41.6 Å². The van der Waals surface area contributed by atoms with Crippen LogP contribution in [0.25, 0.3) is 0 Å². The first-order valence-electron chi connectivity index (χ1n) is 10.5. The van der Waals surface area contributed by atoms with Gasteiger partial charge in [-0.2, -0.15) is 0 Å². The number of aromatic hydroxyl groups is 1. The van der Waals surface area contributed by atoms with Crippen molar-refractivity contribution in [2.45, 2.75) is 16.7 Å². The predicted molar refractivity (Wildman–Crippen MR) is 128 cm³/mol. The molecule has 1 atom stereocenters. The van der Waals surface area contributed by atoms with Gasteiger partial charge < -0.3 is 14.7 Å². The summed E-state index contributed by atoms with van der Waals surface area (Å²) in [6.45, 7) is 0.893. The summed E-state index contributed by atoms with van der Waals surface area (Å²) in [5.41, 5.74) is 2.61. The molecule has 0 spiro atoms. The van der Waals surface area contributed by atoms with Gasteiger partial charge in [0.15, 0.2) is 11.4 Å². The SMILES string of the molecule is COCCN1CN(C2c3ccccc3CSc3ccc(Cl)cc32)n2ccc(=O)c(O)c2C1=O. The summed E-state index contributed by atoms with van der Waals surface area (Å²) in [7, 11) is 1.57. The van der Waals surface area contributed by atoms with Crippen LogP contribution >= 0.6 is 23.4 Å². The average molecular weight is 484 g/mol. The molecule has 3 heterocycles. The molecule has 0 aliphatic carbocycles. The minimum atomic E-state index is -0.594. The van der Waals surface area contributed by atoms with Gasteiger partial charge in [-0.05, 0) is 34.9 Å². The van der Waals surface area contributed by atoms with Crippen molar-refractivity contribution in [3.8, 4) is 5.75 Å². The zero-order valence-electron chi connectivity index (χ0n) is 17.9. The van der Waals surface area contributed by atoms with Crippen molar-refractivity contribution in [1.29, 1.82) is 0 Å². The maximum atomic E-state index is 13.2. The first kappa shape index (κ1) is 21.9. The van der Waals surface area contributed by atoms with Gasteiger partial charge in [0.2, 0.25) is 5.43 Å². The summed E-state index contributed by atoms with van der Waals surface area (Å²) < 4.78 is 6.80. The second-order valence-electron chi connectivity index (χ2n) is 7.94. The van der Waals surface area contributed by atoms with Crippen molar-refractivity contribution in [3.05, 3.63) is 92.4 Å². The Bertz CT molecular complexity index is 1290. The third kappa shape index (κ3) is 3.78. The monoisotopic (exact) mass is 483 g/mol. The van der Waals surface area contributed by atoms with E-state index in [0.717, 1.165) is 21.8 Å². The van der Waals surface area contributed by atoms with E-state index in [1.165, 1.54) is 11.6 Å². The largest absolute Gasteiger partial charge is 0.502 e. The molecule has 2 aliphatic rings. The minimum absolute atomic E-state index is 0.0530. The number of rotatable bonds is 4. The molecule has 33 heavy (non-hydrogen) atoms. The van der Waals surface area contributed by atoms with Gasteiger partial charge in [0.05, 0.1) is 12.6 Å². The third-order valence-corrected chi connectivity index (χ3v) is 7.37. The Morgan fingerprint density at radius 3 is 2.79 bits per heavy atom. The van der Waals surface area contributed by atoms with Crippen LogP contribution in [0.3, 0.4) is 0 Å². The van der Waals surface area contributed by atoms with Crippen LogP contribution in [-0.2, 0) is 10.5 Å². The van der Waals surface area contributed by atoms with Gasteiger partial charge >= 0.3 is 0 Å². The number of hydrogen-bond donors (Lipinski definition) is 1. The Morgan fingerprint density at radius 1 is 1.15 bits per heavy atom. The normalized spacial score (nSPS) is 17.3. The molecule has 1 amide bonds. The molecule has 1 aromatic heterocycles. The molecule has 0 radical (unpaired) electrons. The molecule has 5 rings (SSSR count). The molecule has 0 saturated heterocycles. The fraction of sp³-hybridized carbons (Fsp3) is 0.250. The summed E-state index contributed by atoms with van der Waals surface area (Å²) in [6, 6.07) is 15.0. The second kappa shape index (κ2) is 8.78. The fourth-order valence-electron chi connectivity index (χ4n) is 4.41. The molecule has 0 fully saturated rings. The average Bonchev–Trinajstić information content (AvgIpc) is 2.97. The highest BCUT2D eigenvalue weighted by atomic mass is 35.5. The van der Waals surface area contributed by atoms with Crippen LogP contribution in [0.5, 0.6) is 5.75 Å². The number of benzene rings is 2. The molecule has 0 saturated carbocycles. The lowest BCUT2D eigenvalue weighted by Crippen LogP contribution is -2.56. The molecule has 2 aromatic carbocycles. The van der Waals surface area contributed by atoms with Crippen LogP contribution in [0.1, 0.15) is 33.2 Å². The van der Waals surface area contributed by atoms with E-state index >= 15 is 0 Å². The lowest BCUT2D eigenvalue weighted by Gasteiger charge is -2.44. The van der Waals surface area contributed by atoms with Gasteiger partial charge in [-0.3, -0.25) is 19.3 Å². The number of thioether (sulfide) groups is 1. The van der Waals surface area contributed by atoms with E-state index in [-0.39, 0.29) is 18.4 Å². The van der Waals surface area contributed by atoms with Crippen LogP contribution in [0, 0.1) is 0 Å². The summed E-state index contributed by atoms with van der Waals surface area (Å²) >= 11 is 8.17. The topological polar surface area (TPSA) is 75.0 Å². The van der Waals surface area contributed by atoms with Gasteiger partial charge in [0.25, 0.3) is 5.91 Å². The molecule has 7 nitrogen and oxygen atoms in total. The molecule has 0 bridgehead atoms. The third-order valence-electron chi connectivity index (χ3n) is 6.00. The second-order valence-corrected chi connectivity index (χ2v) is 9.39. The number of amides is 1. The minimum Gasteiger partial charge on any atom is -0.502 e. The van der Waals surface area contributed by atoms with Crippen molar-refractivity contribution in [2.75, 3.05) is 31.9 Å². The smallest absolute Gasteiger partial charge is 0.277 e. The van der Waals surface area contributed by atoms with Gasteiger partial charge in [-0.25, -0.2) is 0 Å². The van der Waals surface area contributed by atoms with Crippen LogP contribution < -0.4 is 10.4 Å². The lowest BCUT2D eigenvalue weighted by molar-refractivity contribution is 0.0614. The number of pyridine rings is 1. The Balaban J connectivity index is 1.75. The van der Waals surface area contributed by atoms with E-state index in [1.807, 2.05) is 35.3 Å². The van der Waals surface area contributed by atoms with E-state index < -0.39 is 17.1 Å². The van der Waals surface area contributed by atoms with Crippen LogP contribution in [0.15, 0.2) is 64.4 Å². The number of hydrogen-bond acceptors (Lipinski definition) is 6. The van der Waals surface area contributed by atoms with E-state index in [4.69, 9.17) is 16.3 Å². The van der Waals surface area contributed by atoms with E-state index in [2.05, 4.69) is 12.1 Å². The quantitative estimate of drug-likeness (QED) is 0.611. The van der Waals surface area contributed by atoms with E-state index in [0.29, 0.717) is 18.2 Å². The Morgan fingerprint density at radius 2 is 1.97 bits per heavy atom. The molecule has 1 N–H and O–H groups in total. The standard InChI is InChI=1S/C24H22ClN3O4S/c1-32-11-10-26-14-28(27-9-8-19(29)23(30)22(27)24(26)31)21-17-5-3-2-4-15(17)13-33-20-7-6-16(25)12-18(20)21/h2-9,12,21,30H,10-11,13-14H2,1H3. The summed E-state index contributed by atoms with van der Waals surface area (Å²) in [5, 5.41) is 13.2. The number of aromatic nitrogens is 1. The zero-order valence-corrected chi connectivity index (χ0v) is 19.5. The Hall–Kier alpha value is -2.94. The van der Waals surface area contributed by atoms with Crippen molar-refractivity contribution < 1.29 is 14.6 Å². The number of halogens is 1. The van der Waals surface area contributed by atoms with Gasteiger partial charge in [0.1, 0.15) is 6.67 Å². The van der Waals surface area contributed by atoms with Crippen LogP contribution in [-0.4, -0.2) is 47.5 Å². The first-order valence-corrected chi connectivity index (χ1v) is 11.9. The highest BCUT2D eigenvalue weighted by Gasteiger charge is 2.38. The maximum absolute atomic E-state index is 13.2. The van der Waals surface area contributed by atoms with Crippen LogP contribution in [0.4, 0.5) is 0 Å². The maximum Gasteiger partial charge on any atom is 0.277 e. The molecular weight excluding hydrogens is 462 g/mol. The number of carbonyl (C=O) groups excluding carboxylic acids is 1. The number of nitrogens with zero attached hydrogens (tertiary/aromatic N) is 3. The van der Waals surface area contributed by atoms with Crippen molar-refractivity contribution in [2.24, 2.45) is 0 Å². The Labute approximate surface area is 200 Å². The molecular formula is C24H22ClN3O4S. The van der Waals surface area contributed by atoms with E-state index in [9.17, 15) is 14.7 Å². The summed E-state index contributed by atoms with van der Waals surface area (Å²) in [6.07, 6.45) is 1.55. The fourth-order valence-corrected chi connectivity index (χ4v) is 5.66. The zero-order chi connectivity index (χ0) is 23.1. The van der Waals surface area contributed by atoms with Crippen molar-refractivity contribution >= 4 is 29.3 Å². The summed E-state index contributed by atoms with van der Waals surface area (Å²) in [5.74, 6) is -0.178. The highest BCUT2D eigenvalue weighted by Crippen LogP contribution is 2.43. The number of ether oxygens (including phenoxy) is 1. The van der Waals surface area contributed by atoms with Gasteiger partial charge in [-0.15, -0.1) is 11.8 Å². The van der Waals surface area contributed by atoms with Crippen LogP contribution in [0.2, 0.25) is 5.02 Å². The number of methoxy groups -OCH3 is 1. The predicted octanol–water partition coefficient (Wildman–Crippen LogP) is 3.60. The molecule has 170 valence electrons. The van der Waals surface area contributed by atoms with Gasteiger partial charge in [-0.1, -0.05) is 35.9 Å². The number of fused-ring (bicyclic) bond motifs is 3. The first-order chi connectivity index (χ1) is 16.0. The number of carbonyl (C=O) groups is 1. The van der Waals surface area contributed by atoms with E-state index in [1.54, 1.807) is 34.6 Å².